The first kappa shape index (κ1) is 18.1. The number of alkyl halides is 3. The van der Waals surface area contributed by atoms with Crippen LogP contribution in [0.15, 0.2) is 24.3 Å². The van der Waals surface area contributed by atoms with E-state index in [4.69, 9.17) is 4.74 Å². The molecule has 0 spiro atoms. The van der Waals surface area contributed by atoms with Crippen LogP contribution in [-0.4, -0.2) is 34.7 Å². The topological polar surface area (TPSA) is 84.4 Å². The highest BCUT2D eigenvalue weighted by Crippen LogP contribution is 2.34. The van der Waals surface area contributed by atoms with Crippen LogP contribution in [0.1, 0.15) is 18.4 Å². The quantitative estimate of drug-likeness (QED) is 0.874. The molecule has 2 amide bonds. The number of rotatable bonds is 4. The van der Waals surface area contributed by atoms with Crippen molar-refractivity contribution in [2.45, 2.75) is 25.6 Å². The Labute approximate surface area is 149 Å². The van der Waals surface area contributed by atoms with Gasteiger partial charge >= 0.3 is 6.18 Å². The van der Waals surface area contributed by atoms with Crippen molar-refractivity contribution in [3.05, 3.63) is 29.3 Å². The van der Waals surface area contributed by atoms with Gasteiger partial charge in [0, 0.05) is 13.0 Å². The summed E-state index contributed by atoms with van der Waals surface area (Å²) in [5.41, 5.74) is 0.540. The van der Waals surface area contributed by atoms with E-state index in [0.29, 0.717) is 11.4 Å². The summed E-state index contributed by atoms with van der Waals surface area (Å²) in [6.07, 6.45) is -5.42. The number of carbonyl (C=O) groups excluding carboxylic acids is 2. The van der Waals surface area contributed by atoms with Gasteiger partial charge in [-0.05, 0) is 19.1 Å². The molecule has 0 bridgehead atoms. The minimum absolute atomic E-state index is 0.0559. The molecule has 138 valence electrons. The molecule has 0 saturated heterocycles. The van der Waals surface area contributed by atoms with Crippen LogP contribution >= 0.6 is 11.3 Å². The van der Waals surface area contributed by atoms with Gasteiger partial charge in [-0.15, -0.1) is 10.2 Å². The monoisotopic (exact) mass is 386 g/mol. The van der Waals surface area contributed by atoms with Crippen LogP contribution in [0, 0.1) is 0 Å². The molecule has 0 fully saturated rings. The molecule has 7 nitrogen and oxygen atoms in total. The van der Waals surface area contributed by atoms with Crippen LogP contribution in [0.2, 0.25) is 0 Å². The van der Waals surface area contributed by atoms with Crippen molar-refractivity contribution in [3.8, 4) is 5.75 Å². The van der Waals surface area contributed by atoms with Crippen molar-refractivity contribution >= 4 is 34.0 Å². The number of halogens is 3. The third-order valence-corrected chi connectivity index (χ3v) is 4.43. The summed E-state index contributed by atoms with van der Waals surface area (Å²) in [7, 11) is 0. The molecule has 0 saturated carbocycles. The predicted octanol–water partition coefficient (Wildman–Crippen LogP) is 2.70. The smallest absolute Gasteiger partial charge is 0.445 e. The Kier molecular flexibility index (Phi) is 4.81. The van der Waals surface area contributed by atoms with E-state index in [1.807, 2.05) is 0 Å². The zero-order chi connectivity index (χ0) is 18.9. The van der Waals surface area contributed by atoms with Crippen molar-refractivity contribution in [1.82, 2.24) is 10.2 Å². The van der Waals surface area contributed by atoms with Gasteiger partial charge in [-0.2, -0.15) is 13.2 Å². The van der Waals surface area contributed by atoms with Crippen molar-refractivity contribution in [2.24, 2.45) is 0 Å². The fourth-order valence-electron chi connectivity index (χ4n) is 2.37. The second-order valence-corrected chi connectivity index (χ2v) is 6.40. The molecule has 0 aliphatic carbocycles. The molecular weight excluding hydrogens is 373 g/mol. The van der Waals surface area contributed by atoms with Crippen LogP contribution < -0.4 is 15.0 Å². The summed E-state index contributed by atoms with van der Waals surface area (Å²) in [5, 5.41) is 7.16. The number of fused-ring (bicyclic) bond motifs is 1. The molecular formula is C15H13F3N4O3S. The molecule has 0 radical (unpaired) electrons. The Morgan fingerprint density at radius 2 is 2.08 bits per heavy atom. The molecule has 2 aromatic rings. The number of hydrogen-bond acceptors (Lipinski definition) is 6. The Bertz CT molecular complexity index is 840. The molecule has 26 heavy (non-hydrogen) atoms. The van der Waals surface area contributed by atoms with Gasteiger partial charge in [0.05, 0.1) is 5.69 Å². The number of nitrogens with zero attached hydrogens (tertiary/aromatic N) is 3. The van der Waals surface area contributed by atoms with E-state index in [2.05, 4.69) is 15.5 Å². The highest BCUT2D eigenvalue weighted by atomic mass is 32.1. The summed E-state index contributed by atoms with van der Waals surface area (Å²) >= 11 is 0.239. The normalized spacial score (nSPS) is 16.8. The third kappa shape index (κ3) is 3.77. The summed E-state index contributed by atoms with van der Waals surface area (Å²) in [6, 6.07) is 6.90. The Hall–Kier alpha value is -2.69. The summed E-state index contributed by atoms with van der Waals surface area (Å²) in [6.45, 7) is 1.66. The average molecular weight is 386 g/mol. The highest BCUT2D eigenvalue weighted by Gasteiger charge is 2.36. The first-order chi connectivity index (χ1) is 12.3. The number of nitrogens with one attached hydrogen (secondary N) is 1. The lowest BCUT2D eigenvalue weighted by Crippen LogP contribution is -2.45. The van der Waals surface area contributed by atoms with E-state index < -0.39 is 23.2 Å². The molecule has 11 heteroatoms. The molecule has 3 rings (SSSR count). The van der Waals surface area contributed by atoms with E-state index in [-0.39, 0.29) is 35.3 Å². The van der Waals surface area contributed by atoms with Crippen LogP contribution in [0.25, 0.3) is 0 Å². The van der Waals surface area contributed by atoms with Gasteiger partial charge in [-0.25, -0.2) is 0 Å². The molecule has 1 unspecified atom stereocenters. The summed E-state index contributed by atoms with van der Waals surface area (Å²) < 4.78 is 43.0. The van der Waals surface area contributed by atoms with E-state index >= 15 is 0 Å². The van der Waals surface area contributed by atoms with E-state index in [0.717, 1.165) is 0 Å². The van der Waals surface area contributed by atoms with Gasteiger partial charge < -0.3 is 15.0 Å². The van der Waals surface area contributed by atoms with Gasteiger partial charge in [-0.3, -0.25) is 9.59 Å². The van der Waals surface area contributed by atoms with Crippen molar-refractivity contribution in [3.63, 3.8) is 0 Å². The fraction of sp³-hybridized carbons (Fsp3) is 0.333. The molecule has 1 atom stereocenters. The predicted molar refractivity (Wildman–Crippen MR) is 87.0 cm³/mol. The highest BCUT2D eigenvalue weighted by molar-refractivity contribution is 7.15. The van der Waals surface area contributed by atoms with Crippen LogP contribution in [0.4, 0.5) is 24.0 Å². The summed E-state index contributed by atoms with van der Waals surface area (Å²) in [4.78, 5) is 25.7. The maximum atomic E-state index is 12.5. The minimum Gasteiger partial charge on any atom is -0.479 e. The van der Waals surface area contributed by atoms with E-state index in [1.165, 1.54) is 4.90 Å². The molecule has 2 heterocycles. The van der Waals surface area contributed by atoms with E-state index in [9.17, 15) is 22.8 Å². The number of hydrogen-bond donors (Lipinski definition) is 1. The number of para-hydroxylation sites is 2. The van der Waals surface area contributed by atoms with Gasteiger partial charge in [0.15, 0.2) is 6.10 Å². The number of carbonyl (C=O) groups is 2. The number of ether oxygens (including phenoxy) is 1. The van der Waals surface area contributed by atoms with Gasteiger partial charge in [0.1, 0.15) is 5.75 Å². The van der Waals surface area contributed by atoms with Crippen LogP contribution in [-0.2, 0) is 15.8 Å². The standard InChI is InChI=1S/C15H13F3N4O3S/c1-8-12(24)22(9-4-2-3-5-10(9)25-8)7-6-11(23)19-14-21-20-13(26-14)15(16,17)18/h2-5,8H,6-7H2,1H3,(H,19,21,23). The summed E-state index contributed by atoms with van der Waals surface area (Å²) in [5.74, 6) is -0.343. The third-order valence-electron chi connectivity index (χ3n) is 3.55. The van der Waals surface area contributed by atoms with Crippen molar-refractivity contribution < 1.29 is 27.5 Å². The zero-order valence-corrected chi connectivity index (χ0v) is 14.2. The number of aromatic nitrogens is 2. The number of benzene rings is 1. The lowest BCUT2D eigenvalue weighted by atomic mass is 10.1. The molecule has 1 aliphatic rings. The molecule has 1 aromatic heterocycles. The van der Waals surface area contributed by atoms with Gasteiger partial charge in [-0.1, -0.05) is 23.5 Å². The fourth-order valence-corrected chi connectivity index (χ4v) is 3.00. The lowest BCUT2D eigenvalue weighted by Gasteiger charge is -2.32. The first-order valence-electron chi connectivity index (χ1n) is 7.53. The second-order valence-electron chi connectivity index (χ2n) is 5.43. The minimum atomic E-state index is -4.61. The van der Waals surface area contributed by atoms with Gasteiger partial charge in [0.25, 0.3) is 5.91 Å². The van der Waals surface area contributed by atoms with Crippen LogP contribution in [0.3, 0.4) is 0 Å². The largest absolute Gasteiger partial charge is 0.479 e. The Morgan fingerprint density at radius 1 is 1.35 bits per heavy atom. The molecule has 1 aromatic carbocycles. The lowest BCUT2D eigenvalue weighted by molar-refractivity contribution is -0.138. The van der Waals surface area contributed by atoms with Crippen LogP contribution in [0.5, 0.6) is 5.75 Å². The first-order valence-corrected chi connectivity index (χ1v) is 8.35. The Balaban J connectivity index is 1.64. The average Bonchev–Trinajstić information content (AvgIpc) is 3.04. The maximum absolute atomic E-state index is 12.5. The number of anilines is 2. The van der Waals surface area contributed by atoms with Gasteiger partial charge in [0.2, 0.25) is 16.0 Å². The zero-order valence-electron chi connectivity index (χ0n) is 13.4. The SMILES string of the molecule is CC1Oc2ccccc2N(CCC(=O)Nc2nnc(C(F)(F)F)s2)C1=O. The molecule has 1 aliphatic heterocycles. The maximum Gasteiger partial charge on any atom is 0.445 e. The molecule has 1 N–H and O–H groups in total. The number of amides is 2. The second kappa shape index (κ2) is 6.90. The van der Waals surface area contributed by atoms with E-state index in [1.54, 1.807) is 31.2 Å². The Morgan fingerprint density at radius 3 is 2.77 bits per heavy atom. The van der Waals surface area contributed by atoms with Crippen molar-refractivity contribution in [1.29, 1.82) is 0 Å². The van der Waals surface area contributed by atoms with Crippen molar-refractivity contribution in [2.75, 3.05) is 16.8 Å².